The van der Waals surface area contributed by atoms with Crippen LogP contribution < -0.4 is 0 Å². The highest BCUT2D eigenvalue weighted by Gasteiger charge is 1.98. The van der Waals surface area contributed by atoms with Crippen molar-refractivity contribution in [2.24, 2.45) is 0 Å². The molecule has 0 aromatic heterocycles. The molecular weight excluding hydrogens is 228 g/mol. The molecule has 0 aromatic carbocycles. The van der Waals surface area contributed by atoms with Crippen molar-refractivity contribution in [3.8, 4) is 0 Å². The zero-order chi connectivity index (χ0) is 14.1. The van der Waals surface area contributed by atoms with Crippen LogP contribution in [0.1, 0.15) is 65.2 Å². The molecule has 0 aliphatic rings. The van der Waals surface area contributed by atoms with Gasteiger partial charge in [0.2, 0.25) is 0 Å². The van der Waals surface area contributed by atoms with Crippen LogP contribution in [0.25, 0.3) is 0 Å². The number of hydrogen-bond donors (Lipinski definition) is 1. The number of esters is 1. The summed E-state index contributed by atoms with van der Waals surface area (Å²) in [5.41, 5.74) is 0. The Labute approximate surface area is 112 Å². The summed E-state index contributed by atoms with van der Waals surface area (Å²) in [6.07, 6.45) is 11.6. The highest BCUT2D eigenvalue weighted by Crippen LogP contribution is 2.08. The van der Waals surface area contributed by atoms with E-state index in [4.69, 9.17) is 9.84 Å². The highest BCUT2D eigenvalue weighted by molar-refractivity contribution is 5.70. The van der Waals surface area contributed by atoms with Crippen LogP contribution in [-0.4, -0.2) is 24.3 Å². The summed E-state index contributed by atoms with van der Waals surface area (Å²) >= 11 is 0. The van der Waals surface area contributed by atoms with E-state index in [1.54, 1.807) is 6.08 Å². The molecule has 0 unspecified atom stereocenters. The zero-order valence-electron chi connectivity index (χ0n) is 12.1. The molecule has 3 nitrogen and oxygen atoms in total. The van der Waals surface area contributed by atoms with Crippen molar-refractivity contribution in [1.82, 2.24) is 0 Å². The fourth-order valence-corrected chi connectivity index (χ4v) is 1.47. The first kappa shape index (κ1) is 19.5. The second-order valence-corrected chi connectivity index (χ2v) is 4.26. The summed E-state index contributed by atoms with van der Waals surface area (Å²) < 4.78 is 4.75. The van der Waals surface area contributed by atoms with Crippen molar-refractivity contribution < 1.29 is 14.6 Å². The number of carbonyl (C=O) groups is 1. The van der Waals surface area contributed by atoms with Gasteiger partial charge < -0.3 is 9.84 Å². The first-order valence-electron chi connectivity index (χ1n) is 7.06. The van der Waals surface area contributed by atoms with Crippen LogP contribution in [-0.2, 0) is 9.53 Å². The molecule has 0 fully saturated rings. The van der Waals surface area contributed by atoms with Gasteiger partial charge in [-0.25, -0.2) is 4.79 Å². The number of unbranched alkanes of at least 4 members (excludes halogenated alkanes) is 7. The second-order valence-electron chi connectivity index (χ2n) is 4.26. The van der Waals surface area contributed by atoms with Crippen molar-refractivity contribution in [1.29, 1.82) is 0 Å². The molecule has 0 saturated heterocycles. The minimum absolute atomic E-state index is 0.453. The molecule has 0 aliphatic carbocycles. The Hall–Kier alpha value is -0.830. The molecule has 0 heterocycles. The van der Waals surface area contributed by atoms with Gasteiger partial charge in [0.25, 0.3) is 0 Å². The van der Waals surface area contributed by atoms with E-state index >= 15 is 0 Å². The van der Waals surface area contributed by atoms with Crippen LogP contribution in [0.3, 0.4) is 0 Å². The van der Waals surface area contributed by atoms with Crippen molar-refractivity contribution in [2.45, 2.75) is 65.2 Å². The lowest BCUT2D eigenvalue weighted by molar-refractivity contribution is -0.147. The van der Waals surface area contributed by atoms with Gasteiger partial charge in [0.15, 0.2) is 0 Å². The first-order chi connectivity index (χ1) is 8.72. The van der Waals surface area contributed by atoms with Crippen molar-refractivity contribution in [3.63, 3.8) is 0 Å². The molecule has 18 heavy (non-hydrogen) atoms. The van der Waals surface area contributed by atoms with Gasteiger partial charge in [0.1, 0.15) is 6.61 Å². The van der Waals surface area contributed by atoms with Crippen LogP contribution in [0.15, 0.2) is 12.7 Å². The number of aliphatic hydroxyl groups excluding tert-OH is 1. The zero-order valence-corrected chi connectivity index (χ0v) is 12.1. The Morgan fingerprint density at radius 2 is 1.56 bits per heavy atom. The third-order valence-corrected chi connectivity index (χ3v) is 2.39. The number of rotatable bonds is 10. The molecule has 0 amide bonds. The van der Waals surface area contributed by atoms with Gasteiger partial charge in [-0.1, -0.05) is 57.9 Å². The van der Waals surface area contributed by atoms with Crippen LogP contribution in [0.2, 0.25) is 0 Å². The Kier molecular flexibility index (Phi) is 20.1. The Bertz CT molecular complexity index is 179. The van der Waals surface area contributed by atoms with E-state index < -0.39 is 12.6 Å². The molecular formula is C15H30O3. The Morgan fingerprint density at radius 1 is 1.11 bits per heavy atom. The standard InChI is InChI=1S/C12H24O3.C3H6/c1-2-3-4-5-6-7-8-9-10-15-12(14)11-13;1-3-2/h13H,2-11H2,1H3;3H,1H2,2H3. The fraction of sp³-hybridized carbons (Fsp3) is 0.800. The average Bonchev–Trinajstić information content (AvgIpc) is 2.37. The normalized spacial score (nSPS) is 9.28. The van der Waals surface area contributed by atoms with E-state index in [9.17, 15) is 4.79 Å². The van der Waals surface area contributed by atoms with Gasteiger partial charge in [-0.15, -0.1) is 6.58 Å². The summed E-state index contributed by atoms with van der Waals surface area (Å²) in [4.78, 5) is 10.5. The quantitative estimate of drug-likeness (QED) is 0.368. The highest BCUT2D eigenvalue weighted by atomic mass is 16.5. The van der Waals surface area contributed by atoms with Crippen LogP contribution in [0, 0.1) is 0 Å². The van der Waals surface area contributed by atoms with Crippen LogP contribution >= 0.6 is 0 Å². The molecule has 0 radical (unpaired) electrons. The molecule has 0 aromatic rings. The van der Waals surface area contributed by atoms with Gasteiger partial charge in [0, 0.05) is 0 Å². The summed E-state index contributed by atoms with van der Waals surface area (Å²) in [6, 6.07) is 0. The summed E-state index contributed by atoms with van der Waals surface area (Å²) in [6.45, 7) is 7.42. The Morgan fingerprint density at radius 3 is 2.00 bits per heavy atom. The molecule has 0 atom stereocenters. The molecule has 0 saturated carbocycles. The number of allylic oxidation sites excluding steroid dienone is 1. The van der Waals surface area contributed by atoms with Gasteiger partial charge in [-0.3, -0.25) is 0 Å². The number of hydrogen-bond acceptors (Lipinski definition) is 3. The lowest BCUT2D eigenvalue weighted by atomic mass is 10.1. The van der Waals surface area contributed by atoms with E-state index in [0.717, 1.165) is 12.8 Å². The van der Waals surface area contributed by atoms with Crippen molar-refractivity contribution in [2.75, 3.05) is 13.2 Å². The number of aliphatic hydroxyl groups is 1. The maximum Gasteiger partial charge on any atom is 0.331 e. The lowest BCUT2D eigenvalue weighted by Crippen LogP contribution is -2.09. The monoisotopic (exact) mass is 258 g/mol. The minimum Gasteiger partial charge on any atom is -0.464 e. The van der Waals surface area contributed by atoms with Crippen molar-refractivity contribution in [3.05, 3.63) is 12.7 Å². The predicted octanol–water partition coefficient (Wildman–Crippen LogP) is 3.85. The van der Waals surface area contributed by atoms with E-state index in [-0.39, 0.29) is 0 Å². The lowest BCUT2D eigenvalue weighted by Gasteiger charge is -2.03. The first-order valence-corrected chi connectivity index (χ1v) is 7.06. The van der Waals surface area contributed by atoms with Gasteiger partial charge in [-0.2, -0.15) is 0 Å². The van der Waals surface area contributed by atoms with Crippen LogP contribution in [0.5, 0.6) is 0 Å². The largest absolute Gasteiger partial charge is 0.464 e. The SMILES string of the molecule is C=CC.CCCCCCCCCCOC(=O)CO. The molecule has 0 spiro atoms. The topological polar surface area (TPSA) is 46.5 Å². The van der Waals surface area contributed by atoms with Gasteiger partial charge in [0.05, 0.1) is 6.61 Å². The van der Waals surface area contributed by atoms with E-state index in [1.807, 2.05) is 6.92 Å². The van der Waals surface area contributed by atoms with Gasteiger partial charge >= 0.3 is 5.97 Å². The average molecular weight is 258 g/mol. The molecule has 3 heteroatoms. The molecule has 0 bridgehead atoms. The fourth-order valence-electron chi connectivity index (χ4n) is 1.47. The van der Waals surface area contributed by atoms with Crippen molar-refractivity contribution >= 4 is 5.97 Å². The van der Waals surface area contributed by atoms with E-state index in [1.165, 1.54) is 38.5 Å². The third-order valence-electron chi connectivity index (χ3n) is 2.39. The third kappa shape index (κ3) is 20.6. The summed E-state index contributed by atoms with van der Waals surface area (Å²) in [5, 5.41) is 8.38. The van der Waals surface area contributed by atoms with Crippen LogP contribution in [0.4, 0.5) is 0 Å². The smallest absolute Gasteiger partial charge is 0.331 e. The molecule has 0 aliphatic heterocycles. The summed E-state index contributed by atoms with van der Waals surface area (Å²) in [7, 11) is 0. The summed E-state index contributed by atoms with van der Waals surface area (Å²) in [5.74, 6) is -0.516. The van der Waals surface area contributed by atoms with Gasteiger partial charge in [-0.05, 0) is 13.3 Å². The number of ether oxygens (including phenoxy) is 1. The second kappa shape index (κ2) is 18.5. The van der Waals surface area contributed by atoms with E-state index in [0.29, 0.717) is 6.61 Å². The predicted molar refractivity (Wildman–Crippen MR) is 76.5 cm³/mol. The number of carbonyl (C=O) groups excluding carboxylic acids is 1. The van der Waals surface area contributed by atoms with E-state index in [2.05, 4.69) is 13.5 Å². The maximum absolute atomic E-state index is 10.5. The minimum atomic E-state index is -0.516. The molecule has 108 valence electrons. The Balaban J connectivity index is 0. The maximum atomic E-state index is 10.5. The molecule has 0 rings (SSSR count). The molecule has 1 N–H and O–H groups in total.